The van der Waals surface area contributed by atoms with Gasteiger partial charge in [0.1, 0.15) is 0 Å². The number of nitrogens with one attached hydrogen (secondary N) is 2. The van der Waals surface area contributed by atoms with Gasteiger partial charge in [-0.25, -0.2) is 0 Å². The molecule has 0 saturated carbocycles. The summed E-state index contributed by atoms with van der Waals surface area (Å²) in [5.74, 6) is -0.330. The van der Waals surface area contributed by atoms with E-state index in [0.717, 1.165) is 24.8 Å². The Labute approximate surface area is 126 Å². The van der Waals surface area contributed by atoms with Crippen molar-refractivity contribution in [2.45, 2.75) is 51.5 Å². The first kappa shape index (κ1) is 15.5. The van der Waals surface area contributed by atoms with Crippen molar-refractivity contribution in [1.82, 2.24) is 10.6 Å². The quantitative estimate of drug-likeness (QED) is 0.895. The predicted octanol–water partition coefficient (Wildman–Crippen LogP) is 2.14. The lowest BCUT2D eigenvalue weighted by Crippen LogP contribution is -2.46. The van der Waals surface area contributed by atoms with Gasteiger partial charge in [0.25, 0.3) is 0 Å². The second kappa shape index (κ2) is 6.29. The third kappa shape index (κ3) is 4.31. The van der Waals surface area contributed by atoms with Gasteiger partial charge in [0.15, 0.2) is 0 Å². The van der Waals surface area contributed by atoms with Crippen molar-refractivity contribution in [3.05, 3.63) is 35.4 Å². The Morgan fingerprint density at radius 1 is 1.24 bits per heavy atom. The zero-order valence-electron chi connectivity index (χ0n) is 13.0. The summed E-state index contributed by atoms with van der Waals surface area (Å²) in [6.45, 7) is 5.80. The van der Waals surface area contributed by atoms with Crippen LogP contribution in [-0.4, -0.2) is 23.9 Å². The normalized spacial score (nSPS) is 17.8. The topological polar surface area (TPSA) is 58.2 Å². The molecule has 1 aromatic rings. The maximum atomic E-state index is 12.3. The fourth-order valence-corrected chi connectivity index (χ4v) is 2.78. The smallest absolute Gasteiger partial charge is 0.239 e. The molecule has 2 N–H and O–H groups in total. The molecule has 1 atom stereocenters. The van der Waals surface area contributed by atoms with Crippen molar-refractivity contribution in [2.75, 3.05) is 6.54 Å². The second-order valence-corrected chi connectivity index (χ2v) is 6.66. The lowest BCUT2D eigenvalue weighted by Gasteiger charge is -2.25. The summed E-state index contributed by atoms with van der Waals surface area (Å²) in [5, 5.41) is 5.61. The summed E-state index contributed by atoms with van der Waals surface area (Å²) in [5.41, 5.74) is 2.08. The number of carbonyl (C=O) groups excluding carboxylic acids is 2. The Bertz CT molecular complexity index is 532. The van der Waals surface area contributed by atoms with E-state index >= 15 is 0 Å². The molecule has 114 valence electrons. The van der Waals surface area contributed by atoms with Gasteiger partial charge in [-0.15, -0.1) is 0 Å². The summed E-state index contributed by atoms with van der Waals surface area (Å²) in [6.07, 6.45) is 2.90. The van der Waals surface area contributed by atoms with Crippen molar-refractivity contribution in [1.29, 1.82) is 0 Å². The molecule has 2 amide bonds. The summed E-state index contributed by atoms with van der Waals surface area (Å²) in [7, 11) is 0. The van der Waals surface area contributed by atoms with E-state index in [1.165, 1.54) is 5.56 Å². The van der Waals surface area contributed by atoms with Crippen molar-refractivity contribution in [3.63, 3.8) is 0 Å². The number of benzene rings is 1. The van der Waals surface area contributed by atoms with E-state index in [-0.39, 0.29) is 29.8 Å². The largest absolute Gasteiger partial charge is 0.350 e. The van der Waals surface area contributed by atoms with Crippen LogP contribution in [-0.2, 0) is 16.0 Å². The molecule has 21 heavy (non-hydrogen) atoms. The molecule has 0 bridgehead atoms. The van der Waals surface area contributed by atoms with Gasteiger partial charge in [-0.3, -0.25) is 9.59 Å². The maximum absolute atomic E-state index is 12.3. The first-order chi connectivity index (χ1) is 9.87. The van der Waals surface area contributed by atoms with Crippen molar-refractivity contribution in [2.24, 2.45) is 0 Å². The molecule has 1 aromatic carbocycles. The van der Waals surface area contributed by atoms with Gasteiger partial charge in [0, 0.05) is 5.54 Å². The molecule has 0 heterocycles. The van der Waals surface area contributed by atoms with E-state index in [9.17, 15) is 9.59 Å². The van der Waals surface area contributed by atoms with Crippen LogP contribution in [0.15, 0.2) is 24.3 Å². The van der Waals surface area contributed by atoms with Gasteiger partial charge < -0.3 is 10.6 Å². The molecule has 4 heteroatoms. The highest BCUT2D eigenvalue weighted by molar-refractivity contribution is 5.89. The summed E-state index contributed by atoms with van der Waals surface area (Å²) >= 11 is 0. The highest BCUT2D eigenvalue weighted by atomic mass is 16.2. The van der Waals surface area contributed by atoms with Gasteiger partial charge in [0.2, 0.25) is 11.8 Å². The number of fused-ring (bicyclic) bond motifs is 1. The third-order valence-corrected chi connectivity index (χ3v) is 3.62. The van der Waals surface area contributed by atoms with E-state index in [1.54, 1.807) is 0 Å². The van der Waals surface area contributed by atoms with E-state index in [1.807, 2.05) is 39.0 Å². The minimum Gasteiger partial charge on any atom is -0.350 e. The summed E-state index contributed by atoms with van der Waals surface area (Å²) in [4.78, 5) is 24.1. The molecule has 0 unspecified atom stereocenters. The number of hydrogen-bond acceptors (Lipinski definition) is 2. The number of carbonyl (C=O) groups is 2. The molecule has 0 fully saturated rings. The maximum Gasteiger partial charge on any atom is 0.239 e. The Morgan fingerprint density at radius 2 is 1.95 bits per heavy atom. The van der Waals surface area contributed by atoms with Gasteiger partial charge in [-0.1, -0.05) is 24.3 Å². The van der Waals surface area contributed by atoms with Crippen LogP contribution < -0.4 is 10.6 Å². The minimum atomic E-state index is -0.279. The fourth-order valence-electron chi connectivity index (χ4n) is 2.78. The number of hydrogen-bond donors (Lipinski definition) is 2. The monoisotopic (exact) mass is 288 g/mol. The van der Waals surface area contributed by atoms with Gasteiger partial charge >= 0.3 is 0 Å². The third-order valence-electron chi connectivity index (χ3n) is 3.62. The van der Waals surface area contributed by atoms with Crippen LogP contribution in [0.25, 0.3) is 0 Å². The summed E-state index contributed by atoms with van der Waals surface area (Å²) < 4.78 is 0. The van der Waals surface area contributed by atoms with Crippen molar-refractivity contribution in [3.8, 4) is 0 Å². The average molecular weight is 288 g/mol. The average Bonchev–Trinajstić information content (AvgIpc) is 2.42. The zero-order chi connectivity index (χ0) is 15.5. The Morgan fingerprint density at radius 3 is 2.67 bits per heavy atom. The molecule has 0 aliphatic heterocycles. The molecule has 0 aromatic heterocycles. The Balaban J connectivity index is 1.95. The molecule has 2 rings (SSSR count). The van der Waals surface area contributed by atoms with Crippen LogP contribution in [0, 0.1) is 0 Å². The van der Waals surface area contributed by atoms with E-state index < -0.39 is 0 Å². The molecule has 1 aliphatic rings. The SMILES string of the molecule is CC(C)(C)NC(=O)CNC(=O)[C@@H]1CCCc2ccccc21. The molecular weight excluding hydrogens is 264 g/mol. The fraction of sp³-hybridized carbons (Fsp3) is 0.529. The summed E-state index contributed by atoms with van der Waals surface area (Å²) in [6, 6.07) is 8.09. The van der Waals surface area contributed by atoms with Gasteiger partial charge in [-0.2, -0.15) is 0 Å². The van der Waals surface area contributed by atoms with Crippen molar-refractivity contribution >= 4 is 11.8 Å². The van der Waals surface area contributed by atoms with Crippen LogP contribution in [0.1, 0.15) is 50.7 Å². The van der Waals surface area contributed by atoms with E-state index in [4.69, 9.17) is 0 Å². The van der Waals surface area contributed by atoms with Crippen LogP contribution in [0.5, 0.6) is 0 Å². The van der Waals surface area contributed by atoms with E-state index in [0.29, 0.717) is 0 Å². The van der Waals surface area contributed by atoms with Crippen LogP contribution >= 0.6 is 0 Å². The van der Waals surface area contributed by atoms with Crippen molar-refractivity contribution < 1.29 is 9.59 Å². The molecule has 0 saturated heterocycles. The van der Waals surface area contributed by atoms with Gasteiger partial charge in [0.05, 0.1) is 12.5 Å². The molecule has 0 radical (unpaired) electrons. The lowest BCUT2D eigenvalue weighted by atomic mass is 9.82. The molecule has 0 spiro atoms. The molecular formula is C17H24N2O2. The van der Waals surface area contributed by atoms with E-state index in [2.05, 4.69) is 16.7 Å². The molecule has 1 aliphatic carbocycles. The predicted molar refractivity (Wildman–Crippen MR) is 83.0 cm³/mol. The Hall–Kier alpha value is -1.84. The number of amides is 2. The number of rotatable bonds is 3. The van der Waals surface area contributed by atoms with Crippen LogP contribution in [0.3, 0.4) is 0 Å². The van der Waals surface area contributed by atoms with Crippen LogP contribution in [0.2, 0.25) is 0 Å². The first-order valence-corrected chi connectivity index (χ1v) is 7.53. The number of aryl methyl sites for hydroxylation is 1. The Kier molecular flexibility index (Phi) is 4.66. The first-order valence-electron chi connectivity index (χ1n) is 7.53. The standard InChI is InChI=1S/C17H24N2O2/c1-17(2,3)19-15(20)11-18-16(21)14-10-6-8-12-7-4-5-9-13(12)14/h4-5,7,9,14H,6,8,10-11H2,1-3H3,(H,18,21)(H,19,20)/t14-/m1/s1. The van der Waals surface area contributed by atoms with Crippen LogP contribution in [0.4, 0.5) is 0 Å². The highest BCUT2D eigenvalue weighted by Gasteiger charge is 2.26. The van der Waals surface area contributed by atoms with Gasteiger partial charge in [-0.05, 0) is 51.2 Å². The highest BCUT2D eigenvalue weighted by Crippen LogP contribution is 2.31. The second-order valence-electron chi connectivity index (χ2n) is 6.66. The lowest BCUT2D eigenvalue weighted by molar-refractivity contribution is -0.127. The minimum absolute atomic E-state index is 0.0365. The molecule has 4 nitrogen and oxygen atoms in total. The zero-order valence-corrected chi connectivity index (χ0v) is 13.0.